The van der Waals surface area contributed by atoms with Crippen molar-refractivity contribution < 1.29 is 0 Å². The second kappa shape index (κ2) is 8.16. The van der Waals surface area contributed by atoms with Gasteiger partial charge in [-0.2, -0.15) is 0 Å². The van der Waals surface area contributed by atoms with E-state index in [-0.39, 0.29) is 0 Å². The summed E-state index contributed by atoms with van der Waals surface area (Å²) >= 11 is 6.05. The smallest absolute Gasteiger partial charge is 0.131 e. The second-order valence-corrected chi connectivity index (χ2v) is 6.47. The van der Waals surface area contributed by atoms with Crippen LogP contribution in [0.15, 0.2) is 59.6 Å². The molecular formula is C20H23ClN2. The third-order valence-electron chi connectivity index (χ3n) is 4.26. The molecule has 1 fully saturated rings. The third-order valence-corrected chi connectivity index (χ3v) is 4.51. The van der Waals surface area contributed by atoms with Crippen LogP contribution in [0.3, 0.4) is 0 Å². The van der Waals surface area contributed by atoms with Gasteiger partial charge in [0.15, 0.2) is 0 Å². The van der Waals surface area contributed by atoms with E-state index in [0.717, 1.165) is 36.1 Å². The molecule has 1 heterocycles. The fourth-order valence-corrected chi connectivity index (χ4v) is 3.13. The van der Waals surface area contributed by atoms with Gasteiger partial charge in [0.1, 0.15) is 5.84 Å². The van der Waals surface area contributed by atoms with Gasteiger partial charge in [0, 0.05) is 23.7 Å². The Morgan fingerprint density at radius 1 is 0.870 bits per heavy atom. The number of amidine groups is 1. The van der Waals surface area contributed by atoms with Crippen LogP contribution in [0.25, 0.3) is 0 Å². The molecule has 1 saturated heterocycles. The Morgan fingerprint density at radius 3 is 2.17 bits per heavy atom. The second-order valence-electron chi connectivity index (χ2n) is 6.03. The highest BCUT2D eigenvalue weighted by atomic mass is 35.5. The highest BCUT2D eigenvalue weighted by molar-refractivity contribution is 6.30. The fraction of sp³-hybridized carbons (Fsp3) is 0.350. The number of hydrogen-bond donors (Lipinski definition) is 0. The maximum absolute atomic E-state index is 6.05. The van der Waals surface area contributed by atoms with E-state index in [1.165, 1.54) is 31.2 Å². The molecule has 0 atom stereocenters. The molecule has 3 rings (SSSR count). The van der Waals surface area contributed by atoms with E-state index < -0.39 is 0 Å². The van der Waals surface area contributed by atoms with E-state index in [1.54, 1.807) is 0 Å². The Hall–Kier alpha value is -1.80. The fourth-order valence-electron chi connectivity index (χ4n) is 3.00. The Balaban J connectivity index is 1.87. The SMILES string of the molecule is Clc1ccc(C(=NCc2ccccc2)N2CCCCCC2)cc1. The summed E-state index contributed by atoms with van der Waals surface area (Å²) < 4.78 is 0. The molecule has 23 heavy (non-hydrogen) atoms. The van der Waals surface area contributed by atoms with Crippen molar-refractivity contribution in [1.82, 2.24) is 4.90 Å². The average Bonchev–Trinajstić information content (AvgIpc) is 2.87. The summed E-state index contributed by atoms with van der Waals surface area (Å²) in [5.74, 6) is 1.10. The third kappa shape index (κ3) is 4.59. The van der Waals surface area contributed by atoms with Gasteiger partial charge in [0.05, 0.1) is 6.54 Å². The molecule has 0 amide bonds. The van der Waals surface area contributed by atoms with Gasteiger partial charge < -0.3 is 4.90 Å². The molecule has 1 aliphatic heterocycles. The van der Waals surface area contributed by atoms with Crippen molar-refractivity contribution in [3.8, 4) is 0 Å². The Labute approximate surface area is 143 Å². The van der Waals surface area contributed by atoms with Crippen LogP contribution in [-0.2, 0) is 6.54 Å². The Bertz CT molecular complexity index is 626. The molecule has 0 spiro atoms. The quantitative estimate of drug-likeness (QED) is 0.561. The first kappa shape index (κ1) is 16.1. The van der Waals surface area contributed by atoms with Gasteiger partial charge in [0.2, 0.25) is 0 Å². The largest absolute Gasteiger partial charge is 0.356 e. The molecule has 3 heteroatoms. The topological polar surface area (TPSA) is 15.6 Å². The number of benzene rings is 2. The number of nitrogens with zero attached hydrogens (tertiary/aromatic N) is 2. The van der Waals surface area contributed by atoms with E-state index in [9.17, 15) is 0 Å². The number of likely N-dealkylation sites (tertiary alicyclic amines) is 1. The molecule has 2 nitrogen and oxygen atoms in total. The van der Waals surface area contributed by atoms with Crippen molar-refractivity contribution >= 4 is 17.4 Å². The highest BCUT2D eigenvalue weighted by Crippen LogP contribution is 2.17. The van der Waals surface area contributed by atoms with Crippen LogP contribution >= 0.6 is 11.6 Å². The van der Waals surface area contributed by atoms with Gasteiger partial charge in [-0.3, -0.25) is 4.99 Å². The molecule has 0 unspecified atom stereocenters. The van der Waals surface area contributed by atoms with E-state index >= 15 is 0 Å². The van der Waals surface area contributed by atoms with Crippen LogP contribution in [0.4, 0.5) is 0 Å². The molecule has 2 aromatic rings. The first-order valence-electron chi connectivity index (χ1n) is 8.42. The lowest BCUT2D eigenvalue weighted by Crippen LogP contribution is -2.32. The molecule has 1 aliphatic rings. The highest BCUT2D eigenvalue weighted by Gasteiger charge is 2.15. The molecule has 0 aliphatic carbocycles. The molecule has 0 radical (unpaired) electrons. The Morgan fingerprint density at radius 2 is 1.52 bits per heavy atom. The summed E-state index contributed by atoms with van der Waals surface area (Å²) in [5.41, 5.74) is 2.40. The van der Waals surface area contributed by atoms with E-state index in [1.807, 2.05) is 18.2 Å². The van der Waals surface area contributed by atoms with Crippen molar-refractivity contribution in [2.75, 3.05) is 13.1 Å². The number of aliphatic imine (C=N–C) groups is 1. The lowest BCUT2D eigenvalue weighted by atomic mass is 10.1. The van der Waals surface area contributed by atoms with Gasteiger partial charge >= 0.3 is 0 Å². The van der Waals surface area contributed by atoms with Crippen molar-refractivity contribution in [3.63, 3.8) is 0 Å². The van der Waals surface area contributed by atoms with E-state index in [0.29, 0.717) is 0 Å². The van der Waals surface area contributed by atoms with Gasteiger partial charge in [0.25, 0.3) is 0 Å². The number of rotatable bonds is 3. The van der Waals surface area contributed by atoms with Gasteiger partial charge in [-0.25, -0.2) is 0 Å². The molecule has 120 valence electrons. The minimum atomic E-state index is 0.718. The molecule has 0 aromatic heterocycles. The van der Waals surface area contributed by atoms with Crippen molar-refractivity contribution in [3.05, 3.63) is 70.7 Å². The van der Waals surface area contributed by atoms with Gasteiger partial charge in [-0.1, -0.05) is 54.8 Å². The first-order chi connectivity index (χ1) is 11.3. The predicted molar refractivity (Wildman–Crippen MR) is 98.2 cm³/mol. The molecule has 0 saturated carbocycles. The van der Waals surface area contributed by atoms with Gasteiger partial charge in [-0.15, -0.1) is 0 Å². The zero-order valence-electron chi connectivity index (χ0n) is 13.4. The summed E-state index contributed by atoms with van der Waals surface area (Å²) in [5, 5.41) is 0.770. The normalized spacial score (nSPS) is 16.2. The van der Waals surface area contributed by atoms with Crippen LogP contribution in [-0.4, -0.2) is 23.8 Å². The van der Waals surface area contributed by atoms with Crippen LogP contribution < -0.4 is 0 Å². The van der Waals surface area contributed by atoms with Crippen molar-refractivity contribution in [1.29, 1.82) is 0 Å². The molecule has 0 bridgehead atoms. The monoisotopic (exact) mass is 326 g/mol. The maximum Gasteiger partial charge on any atom is 0.131 e. The predicted octanol–water partition coefficient (Wildman–Crippen LogP) is 5.16. The summed E-state index contributed by atoms with van der Waals surface area (Å²) in [6, 6.07) is 18.5. The minimum Gasteiger partial charge on any atom is -0.356 e. The van der Waals surface area contributed by atoms with E-state index in [4.69, 9.17) is 16.6 Å². The van der Waals surface area contributed by atoms with Crippen LogP contribution in [0.5, 0.6) is 0 Å². The lowest BCUT2D eigenvalue weighted by molar-refractivity contribution is 0.434. The molecule has 2 aromatic carbocycles. The molecule has 0 N–H and O–H groups in total. The maximum atomic E-state index is 6.05. The standard InChI is InChI=1S/C20H23ClN2/c21-19-12-10-18(11-13-19)20(23-14-6-1-2-7-15-23)22-16-17-8-4-3-5-9-17/h3-5,8-13H,1-2,6-7,14-16H2. The number of halogens is 1. The number of hydrogen-bond acceptors (Lipinski definition) is 1. The zero-order chi connectivity index (χ0) is 15.9. The lowest BCUT2D eigenvalue weighted by Gasteiger charge is -2.25. The van der Waals surface area contributed by atoms with Crippen LogP contribution in [0.2, 0.25) is 5.02 Å². The van der Waals surface area contributed by atoms with Crippen molar-refractivity contribution in [2.45, 2.75) is 32.2 Å². The van der Waals surface area contributed by atoms with Crippen LogP contribution in [0, 0.1) is 0 Å². The summed E-state index contributed by atoms with van der Waals surface area (Å²) in [4.78, 5) is 7.40. The Kier molecular flexibility index (Phi) is 5.71. The summed E-state index contributed by atoms with van der Waals surface area (Å²) in [6.07, 6.45) is 5.14. The summed E-state index contributed by atoms with van der Waals surface area (Å²) in [7, 11) is 0. The van der Waals surface area contributed by atoms with Crippen LogP contribution in [0.1, 0.15) is 36.8 Å². The first-order valence-corrected chi connectivity index (χ1v) is 8.80. The zero-order valence-corrected chi connectivity index (χ0v) is 14.2. The minimum absolute atomic E-state index is 0.718. The van der Waals surface area contributed by atoms with Crippen molar-refractivity contribution in [2.24, 2.45) is 4.99 Å². The molecular weight excluding hydrogens is 304 g/mol. The van der Waals surface area contributed by atoms with E-state index in [2.05, 4.69) is 41.3 Å². The summed E-state index contributed by atoms with van der Waals surface area (Å²) in [6.45, 7) is 2.90. The van der Waals surface area contributed by atoms with Gasteiger partial charge in [-0.05, 0) is 42.7 Å². The average molecular weight is 327 g/mol.